The Morgan fingerprint density at radius 1 is 0.524 bits per heavy atom. The molecule has 5 aromatic rings. The van der Waals surface area contributed by atoms with Crippen LogP contribution in [0.15, 0.2) is 84.9 Å². The molecule has 0 saturated heterocycles. The highest BCUT2D eigenvalue weighted by Crippen LogP contribution is 2.29. The number of rotatable bonds is 6. The normalized spacial score (nSPS) is 10.7. The van der Waals surface area contributed by atoms with E-state index >= 15 is 0 Å². The van der Waals surface area contributed by atoms with Crippen molar-refractivity contribution in [2.75, 3.05) is 24.9 Å². The highest BCUT2D eigenvalue weighted by atomic mass is 16.5. The zero-order chi connectivity index (χ0) is 30.0. The smallest absolute Gasteiger partial charge is 0.337 e. The van der Waals surface area contributed by atoms with Crippen LogP contribution in [-0.2, 0) is 9.47 Å². The fraction of sp³-hybridized carbons (Fsp3) is 0.0625. The predicted molar refractivity (Wildman–Crippen MR) is 156 cm³/mol. The second-order valence-corrected chi connectivity index (χ2v) is 9.33. The van der Waals surface area contributed by atoms with Gasteiger partial charge in [-0.15, -0.1) is 0 Å². The number of phenols is 2. The van der Waals surface area contributed by atoms with Gasteiger partial charge in [-0.3, -0.25) is 9.59 Å². The second-order valence-electron chi connectivity index (χ2n) is 9.33. The Hall–Kier alpha value is -5.90. The third-order valence-electron chi connectivity index (χ3n) is 6.64. The van der Waals surface area contributed by atoms with Crippen molar-refractivity contribution in [2.45, 2.75) is 0 Å². The molecule has 4 N–H and O–H groups in total. The molecule has 0 radical (unpaired) electrons. The van der Waals surface area contributed by atoms with E-state index in [4.69, 9.17) is 9.47 Å². The Balaban J connectivity index is 1.31. The number of ether oxygens (including phenoxy) is 2. The number of hydrogen-bond acceptors (Lipinski definition) is 8. The number of phenolic OH excluding ortho intramolecular Hbond substituents is 2. The van der Waals surface area contributed by atoms with Crippen LogP contribution < -0.4 is 10.6 Å². The molecule has 5 aromatic carbocycles. The van der Waals surface area contributed by atoms with Crippen molar-refractivity contribution in [3.8, 4) is 11.5 Å². The maximum absolute atomic E-state index is 12.9. The Kier molecular flexibility index (Phi) is 7.44. The minimum atomic E-state index is -0.581. The van der Waals surface area contributed by atoms with E-state index in [0.717, 1.165) is 0 Å². The van der Waals surface area contributed by atoms with E-state index in [9.17, 15) is 29.4 Å². The highest BCUT2D eigenvalue weighted by Gasteiger charge is 2.17. The fourth-order valence-electron chi connectivity index (χ4n) is 4.46. The number of carbonyl (C=O) groups is 4. The molecular weight excluding hydrogens is 540 g/mol. The van der Waals surface area contributed by atoms with Gasteiger partial charge in [-0.05, 0) is 94.3 Å². The second kappa shape index (κ2) is 11.3. The van der Waals surface area contributed by atoms with Crippen LogP contribution in [0.25, 0.3) is 21.5 Å². The summed E-state index contributed by atoms with van der Waals surface area (Å²) in [6.07, 6.45) is 0. The minimum absolute atomic E-state index is 0.00373. The zero-order valence-corrected chi connectivity index (χ0v) is 22.4. The summed E-state index contributed by atoms with van der Waals surface area (Å²) in [5.41, 5.74) is 1.41. The summed E-state index contributed by atoms with van der Waals surface area (Å²) in [5.74, 6) is -2.67. The predicted octanol–water partition coefficient (Wildman–Crippen LogP) is 5.48. The number of nitrogens with one attached hydrogen (secondary N) is 2. The molecule has 5 rings (SSSR count). The lowest BCUT2D eigenvalue weighted by Gasteiger charge is -2.11. The average Bonchev–Trinajstić information content (AvgIpc) is 2.99. The number of amides is 2. The van der Waals surface area contributed by atoms with Crippen molar-refractivity contribution in [3.05, 3.63) is 107 Å². The molecule has 0 fully saturated rings. The lowest BCUT2D eigenvalue weighted by atomic mass is 10.0. The summed E-state index contributed by atoms with van der Waals surface area (Å²) >= 11 is 0. The molecule has 42 heavy (non-hydrogen) atoms. The van der Waals surface area contributed by atoms with Crippen LogP contribution in [0.2, 0.25) is 0 Å². The van der Waals surface area contributed by atoms with Crippen LogP contribution in [0.1, 0.15) is 41.4 Å². The van der Waals surface area contributed by atoms with Gasteiger partial charge in [-0.2, -0.15) is 0 Å². The SMILES string of the molecule is COC(=O)c1ccc2cc(O)c(C(=O)Nc3ccc(NC(=O)c4cc5cc(C(=O)OC)ccc5cc4O)cc3)cc2c1. The maximum Gasteiger partial charge on any atom is 0.337 e. The number of esters is 2. The molecule has 0 spiro atoms. The summed E-state index contributed by atoms with van der Waals surface area (Å²) in [6, 6.07) is 21.6. The van der Waals surface area contributed by atoms with Crippen LogP contribution >= 0.6 is 0 Å². The van der Waals surface area contributed by atoms with Gasteiger partial charge in [-0.25, -0.2) is 9.59 Å². The van der Waals surface area contributed by atoms with Crippen LogP contribution in [-0.4, -0.2) is 48.2 Å². The first-order valence-electron chi connectivity index (χ1n) is 12.6. The van der Waals surface area contributed by atoms with Crippen LogP contribution in [0.3, 0.4) is 0 Å². The highest BCUT2D eigenvalue weighted by molar-refractivity contribution is 6.10. The average molecular weight is 565 g/mol. The van der Waals surface area contributed by atoms with E-state index in [1.54, 1.807) is 60.7 Å². The lowest BCUT2D eigenvalue weighted by Crippen LogP contribution is -2.13. The summed E-state index contributed by atoms with van der Waals surface area (Å²) in [7, 11) is 2.55. The molecule has 0 aromatic heterocycles. The summed E-state index contributed by atoms with van der Waals surface area (Å²) in [5, 5.41) is 28.7. The van der Waals surface area contributed by atoms with E-state index < -0.39 is 23.8 Å². The maximum atomic E-state index is 12.9. The molecule has 0 atom stereocenters. The van der Waals surface area contributed by atoms with Gasteiger partial charge < -0.3 is 30.3 Å². The molecule has 10 nitrogen and oxygen atoms in total. The molecular formula is C32H24N2O8. The molecule has 10 heteroatoms. The first-order chi connectivity index (χ1) is 20.2. The Bertz CT molecular complexity index is 1760. The minimum Gasteiger partial charge on any atom is -0.507 e. The number of benzene rings is 5. The van der Waals surface area contributed by atoms with Crippen molar-refractivity contribution < 1.29 is 38.9 Å². The first kappa shape index (κ1) is 27.7. The Morgan fingerprint density at radius 2 is 0.905 bits per heavy atom. The van der Waals surface area contributed by atoms with Gasteiger partial charge in [0.05, 0.1) is 36.5 Å². The van der Waals surface area contributed by atoms with Gasteiger partial charge in [0.15, 0.2) is 0 Å². The van der Waals surface area contributed by atoms with E-state index in [-0.39, 0.29) is 22.6 Å². The number of hydrogen-bond donors (Lipinski definition) is 4. The van der Waals surface area contributed by atoms with Crippen LogP contribution in [0.4, 0.5) is 11.4 Å². The van der Waals surface area contributed by atoms with Crippen molar-refractivity contribution in [3.63, 3.8) is 0 Å². The molecule has 0 bridgehead atoms. The van der Waals surface area contributed by atoms with Crippen LogP contribution in [0, 0.1) is 0 Å². The van der Waals surface area contributed by atoms with Gasteiger partial charge in [-0.1, -0.05) is 12.1 Å². The van der Waals surface area contributed by atoms with Crippen molar-refractivity contribution >= 4 is 56.7 Å². The van der Waals surface area contributed by atoms with E-state index in [2.05, 4.69) is 10.6 Å². The van der Waals surface area contributed by atoms with Crippen molar-refractivity contribution in [1.29, 1.82) is 0 Å². The standard InChI is InChI=1S/C32H24N2O8/c1-41-31(39)19-5-3-17-15-27(35)25(13-21(17)11-19)29(37)33-23-7-9-24(10-8-23)34-30(38)26-14-22-12-20(32(40)42-2)6-4-18(22)16-28(26)36/h3-16,35-36H,1-2H3,(H,33,37)(H,34,38). The molecule has 2 amide bonds. The lowest BCUT2D eigenvalue weighted by molar-refractivity contribution is 0.0592. The monoisotopic (exact) mass is 564 g/mol. The zero-order valence-electron chi connectivity index (χ0n) is 22.4. The van der Waals surface area contributed by atoms with E-state index in [1.807, 2.05) is 0 Å². The summed E-state index contributed by atoms with van der Waals surface area (Å²) < 4.78 is 9.48. The number of methoxy groups -OCH3 is 2. The van der Waals surface area contributed by atoms with E-state index in [1.165, 1.54) is 38.5 Å². The summed E-state index contributed by atoms with van der Waals surface area (Å²) in [4.78, 5) is 49.6. The third-order valence-corrected chi connectivity index (χ3v) is 6.64. The summed E-state index contributed by atoms with van der Waals surface area (Å²) in [6.45, 7) is 0. The number of fused-ring (bicyclic) bond motifs is 2. The van der Waals surface area contributed by atoms with Crippen molar-refractivity contribution in [1.82, 2.24) is 0 Å². The van der Waals surface area contributed by atoms with Gasteiger partial charge in [0.2, 0.25) is 0 Å². The van der Waals surface area contributed by atoms with Gasteiger partial charge in [0.25, 0.3) is 11.8 Å². The molecule has 0 unspecified atom stereocenters. The molecule has 0 aliphatic heterocycles. The largest absolute Gasteiger partial charge is 0.507 e. The fourth-order valence-corrected chi connectivity index (χ4v) is 4.46. The van der Waals surface area contributed by atoms with Gasteiger partial charge in [0, 0.05) is 11.4 Å². The van der Waals surface area contributed by atoms with E-state index in [0.29, 0.717) is 44.0 Å². The molecule has 0 saturated carbocycles. The first-order valence-corrected chi connectivity index (χ1v) is 12.6. The molecule has 0 aliphatic rings. The van der Waals surface area contributed by atoms with Crippen molar-refractivity contribution in [2.24, 2.45) is 0 Å². The molecule has 0 heterocycles. The van der Waals surface area contributed by atoms with Gasteiger partial charge >= 0.3 is 11.9 Å². The topological polar surface area (TPSA) is 151 Å². The number of aromatic hydroxyl groups is 2. The van der Waals surface area contributed by atoms with Gasteiger partial charge in [0.1, 0.15) is 11.5 Å². The number of carbonyl (C=O) groups excluding carboxylic acids is 4. The third kappa shape index (κ3) is 5.54. The Morgan fingerprint density at radius 3 is 1.26 bits per heavy atom. The van der Waals surface area contributed by atoms with Crippen LogP contribution in [0.5, 0.6) is 11.5 Å². The molecule has 0 aliphatic carbocycles. The number of anilines is 2. The quantitative estimate of drug-likeness (QED) is 0.198. The molecule has 210 valence electrons. The Labute approximate surface area is 239 Å².